The number of unbranched alkanes of at least 4 members (excludes halogenated alkanes) is 9. The Labute approximate surface area is 168 Å². The Morgan fingerprint density at radius 2 is 1.62 bits per heavy atom. The number of hydrogen-bond donors (Lipinski definition) is 0. The van der Waals surface area contributed by atoms with Crippen molar-refractivity contribution >= 4 is 34.1 Å². The topological polar surface area (TPSA) is 75.1 Å². The number of carbonyl (C=O) groups is 1. The summed E-state index contributed by atoms with van der Waals surface area (Å²) in [5, 5.41) is 3.35. The van der Waals surface area contributed by atoms with Crippen molar-refractivity contribution in [1.82, 2.24) is 0 Å². The zero-order valence-electron chi connectivity index (χ0n) is 16.7. The monoisotopic (exact) mass is 401 g/mol. The first-order valence-electron chi connectivity index (χ1n) is 9.84. The third kappa shape index (κ3) is 14.4. The summed E-state index contributed by atoms with van der Waals surface area (Å²) in [6, 6.07) is 0. The van der Waals surface area contributed by atoms with Crippen LogP contribution in [0.4, 0.5) is 0 Å². The minimum absolute atomic E-state index is 0.109. The highest BCUT2D eigenvalue weighted by Gasteiger charge is 2.31. The summed E-state index contributed by atoms with van der Waals surface area (Å²) < 4.78 is 5.29. The molecule has 0 spiro atoms. The predicted molar refractivity (Wildman–Crippen MR) is 116 cm³/mol. The van der Waals surface area contributed by atoms with Crippen molar-refractivity contribution in [3.05, 3.63) is 10.4 Å². The van der Waals surface area contributed by atoms with Gasteiger partial charge in [0.15, 0.2) is 0 Å². The van der Waals surface area contributed by atoms with Crippen LogP contribution < -0.4 is 0 Å². The van der Waals surface area contributed by atoms with E-state index in [2.05, 4.69) is 16.9 Å². The van der Waals surface area contributed by atoms with Gasteiger partial charge in [0.05, 0.1) is 13.2 Å². The molecule has 0 aliphatic rings. The van der Waals surface area contributed by atoms with Crippen molar-refractivity contribution in [2.75, 3.05) is 13.2 Å². The van der Waals surface area contributed by atoms with Gasteiger partial charge in [-0.2, -0.15) is 0 Å². The van der Waals surface area contributed by atoms with E-state index >= 15 is 0 Å². The maximum Gasteiger partial charge on any atom is 0.322 e. The molecule has 0 rings (SSSR count). The quantitative estimate of drug-likeness (QED) is 0.0697. The molecule has 0 aromatic carbocycles. The number of thiocarbonyl (C=S) groups is 1. The number of rotatable bonds is 16. The summed E-state index contributed by atoms with van der Waals surface area (Å²) in [6.07, 6.45) is 13.9. The highest BCUT2D eigenvalue weighted by Crippen LogP contribution is 2.29. The second-order valence-electron chi connectivity index (χ2n) is 7.01. The fourth-order valence-corrected chi connectivity index (χ4v) is 4.26. The van der Waals surface area contributed by atoms with Crippen LogP contribution in [-0.2, 0) is 9.53 Å². The van der Waals surface area contributed by atoms with Gasteiger partial charge in [-0.25, -0.2) is 0 Å². The van der Waals surface area contributed by atoms with Gasteiger partial charge in [0.2, 0.25) is 0 Å². The van der Waals surface area contributed by atoms with Crippen LogP contribution in [0.25, 0.3) is 10.4 Å². The number of esters is 1. The first kappa shape index (κ1) is 25.2. The van der Waals surface area contributed by atoms with Gasteiger partial charge in [-0.3, -0.25) is 4.79 Å². The number of thioether (sulfide) groups is 1. The van der Waals surface area contributed by atoms with Crippen LogP contribution in [0.1, 0.15) is 91.4 Å². The summed E-state index contributed by atoms with van der Waals surface area (Å²) in [6.45, 7) is 6.15. The molecule has 0 heterocycles. The summed E-state index contributed by atoms with van der Waals surface area (Å²) >= 11 is 6.83. The maximum absolute atomic E-state index is 12.1. The molecule has 0 amide bonds. The van der Waals surface area contributed by atoms with Gasteiger partial charge in [0.25, 0.3) is 0 Å². The molecule has 0 radical (unpaired) electrons. The Morgan fingerprint density at radius 1 is 1.08 bits per heavy atom. The first-order valence-corrected chi connectivity index (χ1v) is 11.1. The third-order valence-corrected chi connectivity index (χ3v) is 5.65. The summed E-state index contributed by atoms with van der Waals surface area (Å²) in [5.74, 6) is -0.318. The van der Waals surface area contributed by atoms with E-state index in [-0.39, 0.29) is 19.1 Å². The zero-order valence-corrected chi connectivity index (χ0v) is 18.3. The number of ether oxygens (including phenoxy) is 1. The maximum atomic E-state index is 12.1. The first-order chi connectivity index (χ1) is 12.4. The molecule has 0 aliphatic heterocycles. The summed E-state index contributed by atoms with van der Waals surface area (Å²) in [5.41, 5.74) is 8.20. The predicted octanol–water partition coefficient (Wildman–Crippen LogP) is 6.99. The van der Waals surface area contributed by atoms with E-state index in [1.54, 1.807) is 0 Å². The SMILES string of the molecule is CCCCCCCCCCCCC(=S)SC(C)(C)C(=O)OCCN=[N+]=[N-]. The average Bonchev–Trinajstić information content (AvgIpc) is 2.59. The fourth-order valence-electron chi connectivity index (χ4n) is 2.53. The fraction of sp³-hybridized carbons (Fsp3) is 0.895. The molecular formula is C19H35N3O2S2. The van der Waals surface area contributed by atoms with E-state index in [0.717, 1.165) is 17.0 Å². The Morgan fingerprint density at radius 3 is 2.15 bits per heavy atom. The largest absolute Gasteiger partial charge is 0.465 e. The average molecular weight is 402 g/mol. The summed E-state index contributed by atoms with van der Waals surface area (Å²) in [4.78, 5) is 14.7. The highest BCUT2D eigenvalue weighted by atomic mass is 32.2. The molecule has 0 saturated carbocycles. The van der Waals surface area contributed by atoms with E-state index in [1.165, 1.54) is 69.5 Å². The molecule has 0 fully saturated rings. The number of azide groups is 1. The Kier molecular flexibility index (Phi) is 15.9. The van der Waals surface area contributed by atoms with Gasteiger partial charge in [0.1, 0.15) is 4.75 Å². The van der Waals surface area contributed by atoms with Crippen molar-refractivity contribution in [3.8, 4) is 0 Å². The van der Waals surface area contributed by atoms with Crippen LogP contribution >= 0.6 is 24.0 Å². The van der Waals surface area contributed by atoms with E-state index in [4.69, 9.17) is 22.5 Å². The normalized spacial score (nSPS) is 11.0. The molecule has 0 N–H and O–H groups in total. The van der Waals surface area contributed by atoms with Crippen LogP contribution in [0.3, 0.4) is 0 Å². The van der Waals surface area contributed by atoms with E-state index in [9.17, 15) is 4.79 Å². The van der Waals surface area contributed by atoms with Gasteiger partial charge >= 0.3 is 5.97 Å². The van der Waals surface area contributed by atoms with Crippen molar-refractivity contribution in [2.45, 2.75) is 96.1 Å². The molecule has 0 bridgehead atoms. The molecule has 0 aromatic heterocycles. The van der Waals surface area contributed by atoms with Gasteiger partial charge in [-0.1, -0.05) is 82.0 Å². The molecule has 26 heavy (non-hydrogen) atoms. The third-order valence-electron chi connectivity index (χ3n) is 4.08. The molecule has 0 aliphatic carbocycles. The Bertz CT molecular complexity index is 450. The molecule has 7 heteroatoms. The minimum Gasteiger partial charge on any atom is -0.465 e. The van der Waals surface area contributed by atoms with Crippen molar-refractivity contribution in [3.63, 3.8) is 0 Å². The lowest BCUT2D eigenvalue weighted by molar-refractivity contribution is -0.145. The number of nitrogens with zero attached hydrogens (tertiary/aromatic N) is 3. The molecule has 0 aromatic rings. The van der Waals surface area contributed by atoms with Crippen LogP contribution in [0, 0.1) is 0 Å². The zero-order chi connectivity index (χ0) is 19.7. The van der Waals surface area contributed by atoms with Crippen LogP contribution in [-0.4, -0.2) is 28.1 Å². The molecule has 150 valence electrons. The van der Waals surface area contributed by atoms with Gasteiger partial charge < -0.3 is 4.74 Å². The standard InChI is InChI=1S/C19H35N3O2S2/c1-4-5-6-7-8-9-10-11-12-13-14-17(25)26-19(2,3)18(23)24-16-15-21-22-20/h4-16H2,1-3H3. The number of carbonyl (C=O) groups excluding carboxylic acids is 1. The van der Waals surface area contributed by atoms with E-state index in [0.29, 0.717) is 0 Å². The Hall–Kier alpha value is -0.780. The highest BCUT2D eigenvalue weighted by molar-refractivity contribution is 8.24. The lowest BCUT2D eigenvalue weighted by Gasteiger charge is -2.22. The second-order valence-corrected chi connectivity index (χ2v) is 9.48. The van der Waals surface area contributed by atoms with Crippen molar-refractivity contribution in [1.29, 1.82) is 0 Å². The molecule has 0 saturated heterocycles. The minimum atomic E-state index is -0.702. The van der Waals surface area contributed by atoms with Crippen LogP contribution in [0.5, 0.6) is 0 Å². The van der Waals surface area contributed by atoms with Crippen molar-refractivity contribution in [2.24, 2.45) is 5.11 Å². The molecular weight excluding hydrogens is 366 g/mol. The molecule has 5 nitrogen and oxygen atoms in total. The molecule has 0 unspecified atom stereocenters. The second kappa shape index (κ2) is 16.4. The van der Waals surface area contributed by atoms with Gasteiger partial charge in [-0.15, -0.1) is 11.8 Å². The summed E-state index contributed by atoms with van der Waals surface area (Å²) in [7, 11) is 0. The number of hydrogen-bond acceptors (Lipinski definition) is 5. The smallest absolute Gasteiger partial charge is 0.322 e. The van der Waals surface area contributed by atoms with E-state index in [1.807, 2.05) is 13.8 Å². The van der Waals surface area contributed by atoms with Gasteiger partial charge in [-0.05, 0) is 32.2 Å². The molecule has 0 atom stereocenters. The van der Waals surface area contributed by atoms with Crippen LogP contribution in [0.15, 0.2) is 5.11 Å². The van der Waals surface area contributed by atoms with Crippen LogP contribution in [0.2, 0.25) is 0 Å². The van der Waals surface area contributed by atoms with Crippen molar-refractivity contribution < 1.29 is 9.53 Å². The lowest BCUT2D eigenvalue weighted by Crippen LogP contribution is -2.32. The Balaban J connectivity index is 3.73. The van der Waals surface area contributed by atoms with E-state index < -0.39 is 4.75 Å². The van der Waals surface area contributed by atoms with Gasteiger partial charge in [0, 0.05) is 9.11 Å². The lowest BCUT2D eigenvalue weighted by atomic mass is 10.1.